The number of carboxylic acid groups (broad SMARTS) is 1. The summed E-state index contributed by atoms with van der Waals surface area (Å²) in [5, 5.41) is 8.39. The number of allylic oxidation sites excluding steroid dienone is 11. The average Bonchev–Trinajstić information content (AvgIpc) is 2.56. The number of rotatable bonds is 14. The monoisotopic (exact) mass is 328 g/mol. The second-order valence-corrected chi connectivity index (χ2v) is 5.58. The number of unbranched alkanes of at least 4 members (excludes halogenated alkanes) is 7. The standard InChI is InChI=1S/C22H32O2/c1-2-3-4-5-6-7-8-9-10-11-12-13-14-15-16-17-18-19-20-21-22(23)24/h10-21H,2-9H2,1H3,(H,23,24)/b11-10+,13-12+,15-14+,17-16+,19-18+,21-20+. The molecule has 0 rings (SSSR count). The number of hydrogen-bond donors (Lipinski definition) is 1. The third kappa shape index (κ3) is 19.9. The highest BCUT2D eigenvalue weighted by atomic mass is 16.4. The van der Waals surface area contributed by atoms with Gasteiger partial charge in [-0.1, -0.05) is 112 Å². The highest BCUT2D eigenvalue weighted by molar-refractivity contribution is 5.80. The SMILES string of the molecule is CCCCCCCCC/C=C/C=C/C=C/C=C/C=C/C=C/C(=O)O. The van der Waals surface area contributed by atoms with E-state index in [-0.39, 0.29) is 0 Å². The quantitative estimate of drug-likeness (QED) is 0.223. The van der Waals surface area contributed by atoms with Crippen molar-refractivity contribution in [1.29, 1.82) is 0 Å². The van der Waals surface area contributed by atoms with Crippen molar-refractivity contribution < 1.29 is 9.90 Å². The Morgan fingerprint density at radius 1 is 0.667 bits per heavy atom. The van der Waals surface area contributed by atoms with Gasteiger partial charge in [0.05, 0.1) is 0 Å². The summed E-state index contributed by atoms with van der Waals surface area (Å²) in [5.41, 5.74) is 0. The molecule has 0 amide bonds. The Labute approximate surface area is 147 Å². The van der Waals surface area contributed by atoms with E-state index in [9.17, 15) is 4.79 Å². The van der Waals surface area contributed by atoms with Crippen LogP contribution in [0.4, 0.5) is 0 Å². The van der Waals surface area contributed by atoms with Gasteiger partial charge in [-0.3, -0.25) is 0 Å². The van der Waals surface area contributed by atoms with Gasteiger partial charge in [0.1, 0.15) is 0 Å². The molecular weight excluding hydrogens is 296 g/mol. The Morgan fingerprint density at radius 3 is 1.67 bits per heavy atom. The summed E-state index contributed by atoms with van der Waals surface area (Å²) >= 11 is 0. The molecule has 0 saturated carbocycles. The summed E-state index contributed by atoms with van der Waals surface area (Å²) in [6.45, 7) is 2.25. The maximum absolute atomic E-state index is 10.2. The molecule has 0 heterocycles. The summed E-state index contributed by atoms with van der Waals surface area (Å²) in [6.07, 6.45) is 32.7. The zero-order valence-corrected chi connectivity index (χ0v) is 14.9. The first-order valence-electron chi connectivity index (χ1n) is 9.00. The van der Waals surface area contributed by atoms with Crippen molar-refractivity contribution in [3.63, 3.8) is 0 Å². The lowest BCUT2D eigenvalue weighted by Gasteiger charge is -1.98. The first kappa shape index (κ1) is 21.9. The molecule has 0 aromatic carbocycles. The summed E-state index contributed by atoms with van der Waals surface area (Å²) in [5.74, 6) is -0.936. The highest BCUT2D eigenvalue weighted by Gasteiger charge is 1.88. The van der Waals surface area contributed by atoms with Gasteiger partial charge >= 0.3 is 5.97 Å². The molecule has 0 aromatic heterocycles. The van der Waals surface area contributed by atoms with Crippen molar-refractivity contribution in [3.8, 4) is 0 Å². The van der Waals surface area contributed by atoms with Crippen molar-refractivity contribution in [2.24, 2.45) is 0 Å². The number of hydrogen-bond acceptors (Lipinski definition) is 1. The molecule has 24 heavy (non-hydrogen) atoms. The minimum atomic E-state index is -0.936. The first-order valence-corrected chi connectivity index (χ1v) is 9.00. The van der Waals surface area contributed by atoms with Crippen LogP contribution in [0.2, 0.25) is 0 Å². The van der Waals surface area contributed by atoms with Gasteiger partial charge in [-0.2, -0.15) is 0 Å². The Balaban J connectivity index is 3.57. The lowest BCUT2D eigenvalue weighted by atomic mass is 10.1. The third-order valence-electron chi connectivity index (χ3n) is 3.35. The molecule has 0 atom stereocenters. The third-order valence-corrected chi connectivity index (χ3v) is 3.35. The van der Waals surface area contributed by atoms with Crippen LogP contribution in [-0.2, 0) is 4.79 Å². The summed E-state index contributed by atoms with van der Waals surface area (Å²) < 4.78 is 0. The highest BCUT2D eigenvalue weighted by Crippen LogP contribution is 2.08. The van der Waals surface area contributed by atoms with E-state index in [1.807, 2.05) is 36.5 Å². The molecular formula is C22H32O2. The summed E-state index contributed by atoms with van der Waals surface area (Å²) in [7, 11) is 0. The van der Waals surface area contributed by atoms with Gasteiger partial charge in [0, 0.05) is 6.08 Å². The lowest BCUT2D eigenvalue weighted by molar-refractivity contribution is -0.131. The molecule has 0 bridgehead atoms. The zero-order chi connectivity index (χ0) is 17.7. The second kappa shape index (κ2) is 19.0. The van der Waals surface area contributed by atoms with Gasteiger partial charge in [0.2, 0.25) is 0 Å². The number of carbonyl (C=O) groups is 1. The molecule has 0 saturated heterocycles. The molecule has 0 unspecified atom stereocenters. The molecule has 0 fully saturated rings. The van der Waals surface area contributed by atoms with Crippen LogP contribution < -0.4 is 0 Å². The second-order valence-electron chi connectivity index (χ2n) is 5.58. The van der Waals surface area contributed by atoms with Crippen LogP contribution in [0.15, 0.2) is 72.9 Å². The fraction of sp³-hybridized carbons (Fsp3) is 0.409. The Hall–Kier alpha value is -2.09. The van der Waals surface area contributed by atoms with Crippen molar-refractivity contribution in [2.75, 3.05) is 0 Å². The van der Waals surface area contributed by atoms with E-state index in [1.165, 1.54) is 51.0 Å². The summed E-state index contributed by atoms with van der Waals surface area (Å²) in [4.78, 5) is 10.2. The van der Waals surface area contributed by atoms with Gasteiger partial charge in [-0.25, -0.2) is 4.79 Å². The number of aliphatic carboxylic acids is 1. The largest absolute Gasteiger partial charge is 0.478 e. The van der Waals surface area contributed by atoms with Crippen LogP contribution in [-0.4, -0.2) is 11.1 Å². The maximum Gasteiger partial charge on any atom is 0.328 e. The van der Waals surface area contributed by atoms with Crippen LogP contribution in [0.25, 0.3) is 0 Å². The van der Waals surface area contributed by atoms with Crippen LogP contribution in [0.3, 0.4) is 0 Å². The van der Waals surface area contributed by atoms with Gasteiger partial charge in [0.25, 0.3) is 0 Å². The molecule has 0 spiro atoms. The molecule has 132 valence electrons. The van der Waals surface area contributed by atoms with Crippen LogP contribution >= 0.6 is 0 Å². The van der Waals surface area contributed by atoms with E-state index in [2.05, 4.69) is 19.1 Å². The van der Waals surface area contributed by atoms with E-state index < -0.39 is 5.97 Å². The van der Waals surface area contributed by atoms with Gasteiger partial charge < -0.3 is 5.11 Å². The van der Waals surface area contributed by atoms with Crippen molar-refractivity contribution in [1.82, 2.24) is 0 Å². The predicted molar refractivity (Wildman–Crippen MR) is 105 cm³/mol. The fourth-order valence-electron chi connectivity index (χ4n) is 2.05. The number of carboxylic acids is 1. The molecule has 1 N–H and O–H groups in total. The maximum atomic E-state index is 10.2. The minimum absolute atomic E-state index is 0.936. The van der Waals surface area contributed by atoms with Crippen LogP contribution in [0, 0.1) is 0 Å². The van der Waals surface area contributed by atoms with Crippen LogP contribution in [0.5, 0.6) is 0 Å². The Morgan fingerprint density at radius 2 is 1.12 bits per heavy atom. The minimum Gasteiger partial charge on any atom is -0.478 e. The molecule has 2 heteroatoms. The Kier molecular flexibility index (Phi) is 17.3. The molecule has 2 nitrogen and oxygen atoms in total. The predicted octanol–water partition coefficient (Wildman–Crippen LogP) is 6.55. The molecule has 0 aliphatic carbocycles. The molecule has 0 aliphatic rings. The molecule has 0 aliphatic heterocycles. The van der Waals surface area contributed by atoms with Gasteiger partial charge in [0.15, 0.2) is 0 Å². The van der Waals surface area contributed by atoms with E-state index in [0.29, 0.717) is 0 Å². The van der Waals surface area contributed by atoms with Gasteiger partial charge in [-0.05, 0) is 12.8 Å². The molecule has 0 radical (unpaired) electrons. The first-order chi connectivity index (χ1) is 11.8. The fourth-order valence-corrected chi connectivity index (χ4v) is 2.05. The lowest BCUT2D eigenvalue weighted by Crippen LogP contribution is -1.84. The van der Waals surface area contributed by atoms with E-state index >= 15 is 0 Å². The Bertz CT molecular complexity index is 462. The van der Waals surface area contributed by atoms with E-state index in [4.69, 9.17) is 5.11 Å². The van der Waals surface area contributed by atoms with E-state index in [1.54, 1.807) is 12.2 Å². The van der Waals surface area contributed by atoms with Crippen molar-refractivity contribution in [2.45, 2.75) is 58.3 Å². The van der Waals surface area contributed by atoms with Gasteiger partial charge in [-0.15, -0.1) is 0 Å². The molecule has 0 aromatic rings. The topological polar surface area (TPSA) is 37.3 Å². The smallest absolute Gasteiger partial charge is 0.328 e. The van der Waals surface area contributed by atoms with Crippen molar-refractivity contribution in [3.05, 3.63) is 72.9 Å². The average molecular weight is 328 g/mol. The van der Waals surface area contributed by atoms with Crippen LogP contribution in [0.1, 0.15) is 58.3 Å². The normalized spacial score (nSPS) is 13.0. The zero-order valence-electron chi connectivity index (χ0n) is 14.9. The van der Waals surface area contributed by atoms with E-state index in [0.717, 1.165) is 12.5 Å². The van der Waals surface area contributed by atoms with Crippen molar-refractivity contribution >= 4 is 5.97 Å². The summed E-state index contributed by atoms with van der Waals surface area (Å²) in [6, 6.07) is 0.